The summed E-state index contributed by atoms with van der Waals surface area (Å²) in [5.41, 5.74) is 0.978. The molecule has 0 radical (unpaired) electrons. The summed E-state index contributed by atoms with van der Waals surface area (Å²) in [7, 11) is 2.80. The summed E-state index contributed by atoms with van der Waals surface area (Å²) >= 11 is 3.44. The number of hydrogen-bond acceptors (Lipinski definition) is 7. The lowest BCUT2D eigenvalue weighted by Gasteiger charge is -2.22. The van der Waals surface area contributed by atoms with E-state index in [1.807, 2.05) is 12.1 Å². The predicted molar refractivity (Wildman–Crippen MR) is 133 cm³/mol. The van der Waals surface area contributed by atoms with Crippen molar-refractivity contribution in [2.75, 3.05) is 20.8 Å². The molecule has 0 atom stereocenters. The maximum atomic E-state index is 13.5. The molecule has 1 aliphatic rings. The second kappa shape index (κ2) is 10.8. The highest BCUT2D eigenvalue weighted by Gasteiger charge is 2.22. The number of nitrogens with zero attached hydrogens (tertiary/aromatic N) is 3. The van der Waals surface area contributed by atoms with Crippen LogP contribution in [0.4, 0.5) is 0 Å². The van der Waals surface area contributed by atoms with Crippen LogP contribution in [0.25, 0.3) is 10.9 Å². The molecule has 1 saturated carbocycles. The van der Waals surface area contributed by atoms with Gasteiger partial charge < -0.3 is 14.2 Å². The zero-order valence-electron chi connectivity index (χ0n) is 19.1. The third kappa shape index (κ3) is 5.14. The molecular weight excluding hydrogens is 502 g/mol. The topological polar surface area (TPSA) is 92.0 Å². The van der Waals surface area contributed by atoms with E-state index < -0.39 is 5.97 Å². The van der Waals surface area contributed by atoms with Crippen LogP contribution >= 0.6 is 15.9 Å². The van der Waals surface area contributed by atoms with Gasteiger partial charge in [0.25, 0.3) is 5.56 Å². The number of carbonyl (C=O) groups excluding carboxylic acids is 1. The van der Waals surface area contributed by atoms with E-state index >= 15 is 0 Å². The van der Waals surface area contributed by atoms with E-state index in [1.54, 1.807) is 24.3 Å². The Hall–Kier alpha value is -3.20. The van der Waals surface area contributed by atoms with Gasteiger partial charge in [0.2, 0.25) is 0 Å². The van der Waals surface area contributed by atoms with E-state index in [9.17, 15) is 9.59 Å². The molecular formula is C25H26BrN3O5. The minimum Gasteiger partial charge on any atom is -0.493 e. The number of ether oxygens (including phenoxy) is 3. The first-order chi connectivity index (χ1) is 16.5. The molecule has 0 N–H and O–H groups in total. The van der Waals surface area contributed by atoms with Crippen LogP contribution < -0.4 is 15.0 Å². The molecule has 0 amide bonds. The van der Waals surface area contributed by atoms with Gasteiger partial charge >= 0.3 is 5.97 Å². The smallest absolute Gasteiger partial charge is 0.343 e. The van der Waals surface area contributed by atoms with Gasteiger partial charge in [-0.15, -0.1) is 0 Å². The Morgan fingerprint density at radius 3 is 2.74 bits per heavy atom. The van der Waals surface area contributed by atoms with Crippen LogP contribution in [0, 0.1) is 0 Å². The van der Waals surface area contributed by atoms with Crippen molar-refractivity contribution in [2.24, 2.45) is 5.10 Å². The number of methoxy groups -OCH3 is 2. The number of benzene rings is 2. The lowest BCUT2D eigenvalue weighted by molar-refractivity contribution is -0.142. The van der Waals surface area contributed by atoms with Gasteiger partial charge in [0, 0.05) is 16.0 Å². The molecule has 4 rings (SSSR count). The van der Waals surface area contributed by atoms with Gasteiger partial charge in [0.1, 0.15) is 5.82 Å². The van der Waals surface area contributed by atoms with Crippen molar-refractivity contribution >= 4 is 39.0 Å². The van der Waals surface area contributed by atoms with Crippen molar-refractivity contribution in [3.8, 4) is 11.5 Å². The maximum Gasteiger partial charge on any atom is 0.343 e. The van der Waals surface area contributed by atoms with Crippen molar-refractivity contribution in [1.29, 1.82) is 0 Å². The SMILES string of the molecule is COC(=O)COc1c(C=Nn2c(C3CCCCC3)nc3ccc(Br)cc3c2=O)cccc1OC. The molecule has 3 aromatic rings. The quantitative estimate of drug-likeness (QED) is 0.328. The molecule has 0 unspecified atom stereocenters. The minimum atomic E-state index is -0.520. The molecule has 1 heterocycles. The van der Waals surface area contributed by atoms with Gasteiger partial charge in [-0.05, 0) is 43.2 Å². The van der Waals surface area contributed by atoms with E-state index in [-0.39, 0.29) is 18.1 Å². The molecule has 0 bridgehead atoms. The standard InChI is InChI=1S/C25H26BrN3O5/c1-32-21-10-6-9-17(23(21)34-15-22(30)33-2)14-27-29-24(16-7-4-3-5-8-16)28-20-12-11-18(26)13-19(20)25(29)31/h6,9-14,16H,3-5,7-8,15H2,1-2H3. The largest absolute Gasteiger partial charge is 0.493 e. The van der Waals surface area contributed by atoms with E-state index in [0.29, 0.717) is 33.8 Å². The van der Waals surface area contributed by atoms with Crippen molar-refractivity contribution in [2.45, 2.75) is 38.0 Å². The maximum absolute atomic E-state index is 13.5. The lowest BCUT2D eigenvalue weighted by atomic mass is 9.88. The molecule has 1 aromatic heterocycles. The Morgan fingerprint density at radius 2 is 2.00 bits per heavy atom. The molecule has 0 aliphatic heterocycles. The highest BCUT2D eigenvalue weighted by molar-refractivity contribution is 9.10. The van der Waals surface area contributed by atoms with E-state index in [2.05, 4.69) is 25.8 Å². The van der Waals surface area contributed by atoms with Crippen LogP contribution in [-0.4, -0.2) is 42.7 Å². The number of carbonyl (C=O) groups is 1. The summed E-state index contributed by atoms with van der Waals surface area (Å²) in [6, 6.07) is 10.8. The van der Waals surface area contributed by atoms with Crippen LogP contribution in [0.5, 0.6) is 11.5 Å². The fourth-order valence-corrected chi connectivity index (χ4v) is 4.52. The first-order valence-electron chi connectivity index (χ1n) is 11.1. The van der Waals surface area contributed by atoms with Crippen LogP contribution in [0.15, 0.2) is 50.8 Å². The number of para-hydroxylation sites is 1. The minimum absolute atomic E-state index is 0.159. The zero-order valence-corrected chi connectivity index (χ0v) is 20.7. The molecule has 178 valence electrons. The van der Waals surface area contributed by atoms with Crippen molar-refractivity contribution in [3.05, 3.63) is 62.6 Å². The Balaban J connectivity index is 1.81. The highest BCUT2D eigenvalue weighted by Crippen LogP contribution is 2.33. The summed E-state index contributed by atoms with van der Waals surface area (Å²) < 4.78 is 17.9. The summed E-state index contributed by atoms with van der Waals surface area (Å²) in [4.78, 5) is 30.0. The highest BCUT2D eigenvalue weighted by atomic mass is 79.9. The average molecular weight is 528 g/mol. The molecule has 1 fully saturated rings. The van der Waals surface area contributed by atoms with Crippen molar-refractivity contribution in [1.82, 2.24) is 9.66 Å². The molecule has 8 nitrogen and oxygen atoms in total. The normalized spacial score (nSPS) is 14.4. The summed E-state index contributed by atoms with van der Waals surface area (Å²) in [5, 5.41) is 5.05. The Morgan fingerprint density at radius 1 is 1.21 bits per heavy atom. The van der Waals surface area contributed by atoms with E-state index in [0.717, 1.165) is 30.2 Å². The average Bonchev–Trinajstić information content (AvgIpc) is 2.87. The second-order valence-electron chi connectivity index (χ2n) is 8.07. The van der Waals surface area contributed by atoms with E-state index in [1.165, 1.54) is 31.5 Å². The van der Waals surface area contributed by atoms with Gasteiger partial charge in [-0.2, -0.15) is 9.78 Å². The number of fused-ring (bicyclic) bond motifs is 1. The fraction of sp³-hybridized carbons (Fsp3) is 0.360. The zero-order chi connectivity index (χ0) is 24.1. The van der Waals surface area contributed by atoms with Gasteiger partial charge in [0.05, 0.1) is 31.3 Å². The number of rotatable bonds is 7. The third-order valence-corrected chi connectivity index (χ3v) is 6.40. The summed E-state index contributed by atoms with van der Waals surface area (Å²) in [5.74, 6) is 1.08. The molecule has 1 aliphatic carbocycles. The summed E-state index contributed by atoms with van der Waals surface area (Å²) in [6.45, 7) is -0.281. The number of esters is 1. The van der Waals surface area contributed by atoms with Crippen LogP contribution in [0.2, 0.25) is 0 Å². The van der Waals surface area contributed by atoms with Gasteiger partial charge in [-0.25, -0.2) is 9.78 Å². The number of aromatic nitrogens is 2. The molecule has 9 heteroatoms. The number of hydrogen-bond donors (Lipinski definition) is 0. The predicted octanol–water partition coefficient (Wildman–Crippen LogP) is 4.65. The van der Waals surface area contributed by atoms with Crippen molar-refractivity contribution < 1.29 is 19.0 Å². The van der Waals surface area contributed by atoms with Gasteiger partial charge in [0.15, 0.2) is 18.1 Å². The van der Waals surface area contributed by atoms with E-state index in [4.69, 9.17) is 14.5 Å². The number of halogens is 1. The Labute approximate surface area is 205 Å². The first kappa shape index (κ1) is 23.9. The molecule has 34 heavy (non-hydrogen) atoms. The van der Waals surface area contributed by atoms with Crippen LogP contribution in [-0.2, 0) is 9.53 Å². The third-order valence-electron chi connectivity index (χ3n) is 5.91. The molecule has 2 aromatic carbocycles. The Bertz CT molecular complexity index is 1280. The second-order valence-corrected chi connectivity index (χ2v) is 8.99. The van der Waals surface area contributed by atoms with Gasteiger partial charge in [-0.1, -0.05) is 41.3 Å². The lowest BCUT2D eigenvalue weighted by Crippen LogP contribution is -2.25. The summed E-state index contributed by atoms with van der Waals surface area (Å²) in [6.07, 6.45) is 6.87. The fourth-order valence-electron chi connectivity index (χ4n) is 4.16. The molecule has 0 spiro atoms. The molecule has 0 saturated heterocycles. The monoisotopic (exact) mass is 527 g/mol. The Kier molecular flexibility index (Phi) is 7.62. The van der Waals surface area contributed by atoms with Gasteiger partial charge in [-0.3, -0.25) is 4.79 Å². The van der Waals surface area contributed by atoms with Crippen molar-refractivity contribution in [3.63, 3.8) is 0 Å². The first-order valence-corrected chi connectivity index (χ1v) is 11.9. The van der Waals surface area contributed by atoms with Crippen LogP contribution in [0.3, 0.4) is 0 Å². The van der Waals surface area contributed by atoms with Crippen LogP contribution in [0.1, 0.15) is 49.4 Å².